The van der Waals surface area contributed by atoms with Crippen LogP contribution in [-0.4, -0.2) is 22.0 Å². The zero-order chi connectivity index (χ0) is 9.90. The van der Waals surface area contributed by atoms with Gasteiger partial charge in [0.05, 0.1) is 6.20 Å². The molecule has 13 heavy (non-hydrogen) atoms. The van der Waals surface area contributed by atoms with Crippen molar-refractivity contribution in [3.05, 3.63) is 18.0 Å². The van der Waals surface area contributed by atoms with Crippen molar-refractivity contribution in [1.29, 1.82) is 0 Å². The maximum atomic E-state index is 13.4. The van der Waals surface area contributed by atoms with Crippen molar-refractivity contribution >= 4 is 0 Å². The molecule has 0 aromatic carbocycles. The second-order valence-corrected chi connectivity index (χ2v) is 3.64. The molecule has 2 N–H and O–H groups in total. The van der Waals surface area contributed by atoms with Crippen molar-refractivity contribution in [2.45, 2.75) is 25.4 Å². The molecule has 1 unspecified atom stereocenters. The molecule has 1 aromatic heterocycles. The van der Waals surface area contributed by atoms with Crippen molar-refractivity contribution in [2.24, 2.45) is 12.8 Å². The van der Waals surface area contributed by atoms with Gasteiger partial charge in [-0.2, -0.15) is 5.10 Å². The lowest BCUT2D eigenvalue weighted by atomic mass is 10.0. The molecule has 4 heteroatoms. The Morgan fingerprint density at radius 1 is 1.69 bits per heavy atom. The average Bonchev–Trinajstić information content (AvgIpc) is 2.48. The second kappa shape index (κ2) is 3.87. The van der Waals surface area contributed by atoms with Gasteiger partial charge in [0.1, 0.15) is 5.67 Å². The normalized spacial score (nSPS) is 15.7. The number of hydrogen-bond donors (Lipinski definition) is 1. The van der Waals surface area contributed by atoms with E-state index in [4.69, 9.17) is 5.73 Å². The van der Waals surface area contributed by atoms with Gasteiger partial charge in [0.2, 0.25) is 0 Å². The van der Waals surface area contributed by atoms with Crippen LogP contribution < -0.4 is 5.73 Å². The van der Waals surface area contributed by atoms with Crippen molar-refractivity contribution in [3.8, 4) is 0 Å². The van der Waals surface area contributed by atoms with Gasteiger partial charge >= 0.3 is 0 Å². The standard InChI is InChI=1S/C9H16FN3/c1-9(10,7-11)4-3-8-5-12-13(2)6-8/h5-6H,3-4,7,11H2,1-2H3. The van der Waals surface area contributed by atoms with Crippen molar-refractivity contribution in [3.63, 3.8) is 0 Å². The van der Waals surface area contributed by atoms with E-state index in [-0.39, 0.29) is 6.54 Å². The quantitative estimate of drug-likeness (QED) is 0.761. The second-order valence-electron chi connectivity index (χ2n) is 3.64. The molecule has 1 atom stereocenters. The molecule has 0 aliphatic carbocycles. The molecule has 0 aliphatic rings. The van der Waals surface area contributed by atoms with Crippen LogP contribution in [0.1, 0.15) is 18.9 Å². The maximum Gasteiger partial charge on any atom is 0.120 e. The first-order valence-electron chi connectivity index (χ1n) is 4.40. The Morgan fingerprint density at radius 3 is 2.85 bits per heavy atom. The SMILES string of the molecule is Cn1cc(CCC(C)(F)CN)cn1. The fraction of sp³-hybridized carbons (Fsp3) is 0.667. The Morgan fingerprint density at radius 2 is 2.38 bits per heavy atom. The Hall–Kier alpha value is -0.900. The van der Waals surface area contributed by atoms with Crippen LogP contribution in [0.4, 0.5) is 4.39 Å². The lowest BCUT2D eigenvalue weighted by Crippen LogP contribution is -2.29. The highest BCUT2D eigenvalue weighted by Crippen LogP contribution is 2.16. The number of hydrogen-bond acceptors (Lipinski definition) is 2. The summed E-state index contributed by atoms with van der Waals surface area (Å²) in [5, 5.41) is 4.01. The molecule has 1 aromatic rings. The Kier molecular flexibility index (Phi) is 3.03. The van der Waals surface area contributed by atoms with Gasteiger partial charge in [0, 0.05) is 19.8 Å². The summed E-state index contributed by atoms with van der Waals surface area (Å²) in [6, 6.07) is 0. The third kappa shape index (κ3) is 3.14. The molecule has 0 fully saturated rings. The zero-order valence-corrected chi connectivity index (χ0v) is 8.13. The van der Waals surface area contributed by atoms with Crippen LogP contribution in [0.2, 0.25) is 0 Å². The van der Waals surface area contributed by atoms with Crippen LogP contribution in [-0.2, 0) is 13.5 Å². The molecule has 0 bridgehead atoms. The smallest absolute Gasteiger partial charge is 0.120 e. The minimum atomic E-state index is -1.25. The van der Waals surface area contributed by atoms with Crippen LogP contribution in [0.15, 0.2) is 12.4 Å². The molecule has 0 saturated carbocycles. The first-order chi connectivity index (χ1) is 6.03. The molecule has 74 valence electrons. The molecule has 1 rings (SSSR count). The van der Waals surface area contributed by atoms with E-state index in [1.165, 1.54) is 6.92 Å². The van der Waals surface area contributed by atoms with Crippen LogP contribution >= 0.6 is 0 Å². The summed E-state index contributed by atoms with van der Waals surface area (Å²) in [7, 11) is 1.85. The van der Waals surface area contributed by atoms with Crippen LogP contribution in [0.5, 0.6) is 0 Å². The van der Waals surface area contributed by atoms with Gasteiger partial charge in [0.15, 0.2) is 0 Å². The van der Waals surface area contributed by atoms with E-state index in [0.717, 1.165) is 5.56 Å². The number of alkyl halides is 1. The number of aryl methyl sites for hydroxylation is 2. The van der Waals surface area contributed by atoms with E-state index in [2.05, 4.69) is 5.10 Å². The summed E-state index contributed by atoms with van der Waals surface area (Å²) < 4.78 is 15.1. The highest BCUT2D eigenvalue weighted by molar-refractivity contribution is 5.04. The summed E-state index contributed by atoms with van der Waals surface area (Å²) in [6.45, 7) is 1.61. The highest BCUT2D eigenvalue weighted by Gasteiger charge is 2.20. The number of nitrogens with zero attached hydrogens (tertiary/aromatic N) is 2. The largest absolute Gasteiger partial charge is 0.328 e. The summed E-state index contributed by atoms with van der Waals surface area (Å²) in [4.78, 5) is 0. The molecule has 0 spiro atoms. The van der Waals surface area contributed by atoms with E-state index in [0.29, 0.717) is 12.8 Å². The van der Waals surface area contributed by atoms with Gasteiger partial charge in [-0.25, -0.2) is 4.39 Å². The van der Waals surface area contributed by atoms with E-state index in [1.54, 1.807) is 10.9 Å². The third-order valence-corrected chi connectivity index (χ3v) is 2.12. The average molecular weight is 185 g/mol. The lowest BCUT2D eigenvalue weighted by molar-refractivity contribution is 0.186. The molecule has 0 saturated heterocycles. The molecular formula is C9H16FN3. The maximum absolute atomic E-state index is 13.4. The molecule has 0 aliphatic heterocycles. The van der Waals surface area contributed by atoms with Crippen LogP contribution in [0, 0.1) is 0 Å². The monoisotopic (exact) mass is 185 g/mol. The molecule has 1 heterocycles. The van der Waals surface area contributed by atoms with Gasteiger partial charge in [-0.1, -0.05) is 0 Å². The van der Waals surface area contributed by atoms with E-state index in [9.17, 15) is 4.39 Å². The summed E-state index contributed by atoms with van der Waals surface area (Å²) in [6.07, 6.45) is 4.80. The number of rotatable bonds is 4. The number of halogens is 1. The molecule has 3 nitrogen and oxygen atoms in total. The lowest BCUT2D eigenvalue weighted by Gasteiger charge is -2.16. The summed E-state index contributed by atoms with van der Waals surface area (Å²) in [5.41, 5.74) is 5.08. The highest BCUT2D eigenvalue weighted by atomic mass is 19.1. The fourth-order valence-corrected chi connectivity index (χ4v) is 1.11. The van der Waals surface area contributed by atoms with Gasteiger partial charge in [-0.3, -0.25) is 4.68 Å². The minimum Gasteiger partial charge on any atom is -0.328 e. The predicted molar refractivity (Wildman–Crippen MR) is 50.1 cm³/mol. The van der Waals surface area contributed by atoms with Crippen LogP contribution in [0.3, 0.4) is 0 Å². The fourth-order valence-electron chi connectivity index (χ4n) is 1.11. The van der Waals surface area contributed by atoms with Gasteiger partial charge in [0.25, 0.3) is 0 Å². The first kappa shape index (κ1) is 10.2. The van der Waals surface area contributed by atoms with Gasteiger partial charge < -0.3 is 5.73 Å². The van der Waals surface area contributed by atoms with E-state index in [1.807, 2.05) is 13.2 Å². The molecule has 0 amide bonds. The van der Waals surface area contributed by atoms with Gasteiger partial charge in [-0.15, -0.1) is 0 Å². The number of aromatic nitrogens is 2. The van der Waals surface area contributed by atoms with Crippen molar-refractivity contribution in [2.75, 3.05) is 6.54 Å². The van der Waals surface area contributed by atoms with E-state index < -0.39 is 5.67 Å². The summed E-state index contributed by atoms with van der Waals surface area (Å²) >= 11 is 0. The van der Waals surface area contributed by atoms with Crippen molar-refractivity contribution < 1.29 is 4.39 Å². The Labute approximate surface area is 77.7 Å². The minimum absolute atomic E-state index is 0.0766. The first-order valence-corrected chi connectivity index (χ1v) is 4.40. The van der Waals surface area contributed by atoms with Crippen molar-refractivity contribution in [1.82, 2.24) is 9.78 Å². The molecular weight excluding hydrogens is 169 g/mol. The van der Waals surface area contributed by atoms with Gasteiger partial charge in [-0.05, 0) is 25.3 Å². The third-order valence-electron chi connectivity index (χ3n) is 2.12. The summed E-state index contributed by atoms with van der Waals surface area (Å²) in [5.74, 6) is 0. The predicted octanol–water partition coefficient (Wildman–Crippen LogP) is 1.04. The Balaban J connectivity index is 2.43. The number of nitrogens with two attached hydrogens (primary N) is 1. The Bertz CT molecular complexity index is 268. The van der Waals surface area contributed by atoms with Crippen LogP contribution in [0.25, 0.3) is 0 Å². The zero-order valence-electron chi connectivity index (χ0n) is 8.13. The van der Waals surface area contributed by atoms with E-state index >= 15 is 0 Å². The molecule has 0 radical (unpaired) electrons. The topological polar surface area (TPSA) is 43.8 Å².